The molecule has 26 heavy (non-hydrogen) atoms. The number of tetrazole rings is 1. The molecule has 2 heterocycles. The first-order chi connectivity index (χ1) is 12.7. The Kier molecular flexibility index (Phi) is 5.50. The molecule has 138 valence electrons. The Bertz CT molecular complexity index is 815. The zero-order chi connectivity index (χ0) is 18.5. The molecule has 1 aliphatic heterocycles. The smallest absolute Gasteiger partial charge is 0.338 e. The summed E-state index contributed by atoms with van der Waals surface area (Å²) < 4.78 is 12.7. The van der Waals surface area contributed by atoms with Crippen molar-refractivity contribution < 1.29 is 14.3 Å². The Labute approximate surface area is 152 Å². The van der Waals surface area contributed by atoms with Gasteiger partial charge in [-0.2, -0.15) is 4.68 Å². The van der Waals surface area contributed by atoms with E-state index in [-0.39, 0.29) is 5.97 Å². The highest BCUT2D eigenvalue weighted by Crippen LogP contribution is 2.35. The number of nitrogens with zero attached hydrogens (tertiary/aromatic N) is 4. The summed E-state index contributed by atoms with van der Waals surface area (Å²) in [5, 5.41) is 14.8. The molecule has 0 aliphatic carbocycles. The van der Waals surface area contributed by atoms with Crippen molar-refractivity contribution in [2.24, 2.45) is 0 Å². The SMILES string of the molecule is CCCCOc1cccc(C2C(C(=O)OCC)=C(C)Nc3nnnn32)c1. The highest BCUT2D eigenvalue weighted by Gasteiger charge is 2.35. The van der Waals surface area contributed by atoms with Crippen molar-refractivity contribution in [3.63, 3.8) is 0 Å². The van der Waals surface area contributed by atoms with Crippen LogP contribution in [0.4, 0.5) is 5.95 Å². The van der Waals surface area contributed by atoms with E-state index in [4.69, 9.17) is 9.47 Å². The van der Waals surface area contributed by atoms with Gasteiger partial charge in [-0.1, -0.05) is 30.6 Å². The van der Waals surface area contributed by atoms with Gasteiger partial charge in [0.05, 0.1) is 18.8 Å². The van der Waals surface area contributed by atoms with E-state index < -0.39 is 6.04 Å². The zero-order valence-corrected chi connectivity index (χ0v) is 15.2. The van der Waals surface area contributed by atoms with Crippen LogP contribution in [0.25, 0.3) is 0 Å². The van der Waals surface area contributed by atoms with E-state index in [9.17, 15) is 4.79 Å². The highest BCUT2D eigenvalue weighted by molar-refractivity contribution is 5.92. The number of anilines is 1. The van der Waals surface area contributed by atoms with Gasteiger partial charge in [0.2, 0.25) is 5.95 Å². The fourth-order valence-electron chi connectivity index (χ4n) is 2.90. The lowest BCUT2D eigenvalue weighted by Crippen LogP contribution is -2.29. The first-order valence-corrected chi connectivity index (χ1v) is 8.81. The maximum absolute atomic E-state index is 12.6. The maximum atomic E-state index is 12.6. The van der Waals surface area contributed by atoms with Crippen LogP contribution in [0.1, 0.15) is 45.2 Å². The molecule has 1 aromatic heterocycles. The lowest BCUT2D eigenvalue weighted by atomic mass is 9.95. The number of benzene rings is 1. The molecule has 2 aromatic rings. The number of hydrogen-bond acceptors (Lipinski definition) is 7. The van der Waals surface area contributed by atoms with Gasteiger partial charge in [0.15, 0.2) is 0 Å². The minimum atomic E-state index is -0.477. The maximum Gasteiger partial charge on any atom is 0.338 e. The molecular weight excluding hydrogens is 334 g/mol. The molecule has 0 radical (unpaired) electrons. The molecule has 1 unspecified atom stereocenters. The first kappa shape index (κ1) is 17.9. The molecule has 0 saturated carbocycles. The molecular formula is C18H23N5O3. The fourth-order valence-corrected chi connectivity index (χ4v) is 2.90. The Morgan fingerprint density at radius 3 is 2.96 bits per heavy atom. The van der Waals surface area contributed by atoms with Gasteiger partial charge in [0, 0.05) is 5.70 Å². The second-order valence-electron chi connectivity index (χ2n) is 6.01. The molecule has 0 amide bonds. The third kappa shape index (κ3) is 3.54. The number of nitrogens with one attached hydrogen (secondary N) is 1. The summed E-state index contributed by atoms with van der Waals surface area (Å²) in [6, 6.07) is 7.18. The van der Waals surface area contributed by atoms with Crippen molar-refractivity contribution in [2.75, 3.05) is 18.5 Å². The van der Waals surface area contributed by atoms with E-state index in [2.05, 4.69) is 27.8 Å². The van der Waals surface area contributed by atoms with Gasteiger partial charge in [-0.05, 0) is 48.4 Å². The minimum absolute atomic E-state index is 0.297. The van der Waals surface area contributed by atoms with Crippen molar-refractivity contribution in [3.8, 4) is 5.75 Å². The second kappa shape index (κ2) is 7.99. The number of hydrogen-bond donors (Lipinski definition) is 1. The number of carbonyl (C=O) groups excluding carboxylic acids is 1. The summed E-state index contributed by atoms with van der Waals surface area (Å²) in [5.41, 5.74) is 2.02. The molecule has 1 atom stereocenters. The van der Waals surface area contributed by atoms with E-state index in [1.54, 1.807) is 11.6 Å². The predicted molar refractivity (Wildman–Crippen MR) is 95.8 cm³/mol. The number of aromatic nitrogens is 4. The van der Waals surface area contributed by atoms with Crippen LogP contribution in [0.3, 0.4) is 0 Å². The van der Waals surface area contributed by atoms with Gasteiger partial charge in [-0.25, -0.2) is 4.79 Å². The quantitative estimate of drug-likeness (QED) is 0.602. The Balaban J connectivity index is 2.00. The summed E-state index contributed by atoms with van der Waals surface area (Å²) in [5.74, 6) is 0.851. The number of fused-ring (bicyclic) bond motifs is 1. The minimum Gasteiger partial charge on any atom is -0.494 e. The molecule has 1 aromatic carbocycles. The van der Waals surface area contributed by atoms with Gasteiger partial charge in [-0.15, -0.1) is 0 Å². The summed E-state index contributed by atoms with van der Waals surface area (Å²) in [6.45, 7) is 6.67. The number of rotatable bonds is 7. The Hall–Kier alpha value is -2.90. The van der Waals surface area contributed by atoms with E-state index in [0.717, 1.165) is 24.2 Å². The van der Waals surface area contributed by atoms with Crippen LogP contribution in [0.5, 0.6) is 5.75 Å². The Morgan fingerprint density at radius 1 is 1.35 bits per heavy atom. The van der Waals surface area contributed by atoms with E-state index in [1.165, 1.54) is 0 Å². The summed E-state index contributed by atoms with van der Waals surface area (Å²) >= 11 is 0. The predicted octanol–water partition coefficient (Wildman–Crippen LogP) is 2.70. The fraction of sp³-hybridized carbons (Fsp3) is 0.444. The average molecular weight is 357 g/mol. The van der Waals surface area contributed by atoms with E-state index in [1.807, 2.05) is 31.2 Å². The third-order valence-corrected chi connectivity index (χ3v) is 4.15. The van der Waals surface area contributed by atoms with Crippen LogP contribution in [0.2, 0.25) is 0 Å². The monoisotopic (exact) mass is 357 g/mol. The van der Waals surface area contributed by atoms with Crippen molar-refractivity contribution >= 4 is 11.9 Å². The molecule has 3 rings (SSSR count). The van der Waals surface area contributed by atoms with Gasteiger partial charge < -0.3 is 14.8 Å². The number of allylic oxidation sites excluding steroid dienone is 1. The molecule has 0 saturated heterocycles. The Morgan fingerprint density at radius 2 is 2.19 bits per heavy atom. The summed E-state index contributed by atoms with van der Waals surface area (Å²) in [4.78, 5) is 12.6. The third-order valence-electron chi connectivity index (χ3n) is 4.15. The van der Waals surface area contributed by atoms with Crippen LogP contribution in [-0.2, 0) is 9.53 Å². The summed E-state index contributed by atoms with van der Waals surface area (Å²) in [7, 11) is 0. The van der Waals surface area contributed by atoms with Crippen molar-refractivity contribution in [2.45, 2.75) is 39.7 Å². The molecule has 8 nitrogen and oxygen atoms in total. The largest absolute Gasteiger partial charge is 0.494 e. The molecule has 0 fully saturated rings. The van der Waals surface area contributed by atoms with Crippen LogP contribution in [0.15, 0.2) is 35.5 Å². The highest BCUT2D eigenvalue weighted by atomic mass is 16.5. The molecule has 1 N–H and O–H groups in total. The normalized spacial score (nSPS) is 16.0. The molecule has 0 spiro atoms. The topological polar surface area (TPSA) is 91.2 Å². The van der Waals surface area contributed by atoms with Crippen LogP contribution < -0.4 is 10.1 Å². The lowest BCUT2D eigenvalue weighted by molar-refractivity contribution is -0.139. The molecule has 1 aliphatic rings. The van der Waals surface area contributed by atoms with Gasteiger partial charge in [-0.3, -0.25) is 0 Å². The van der Waals surface area contributed by atoms with Crippen molar-refractivity contribution in [1.82, 2.24) is 20.2 Å². The van der Waals surface area contributed by atoms with Crippen molar-refractivity contribution in [1.29, 1.82) is 0 Å². The lowest BCUT2D eigenvalue weighted by Gasteiger charge is -2.27. The van der Waals surface area contributed by atoms with Crippen molar-refractivity contribution in [3.05, 3.63) is 41.1 Å². The number of carbonyl (C=O) groups is 1. The number of ether oxygens (including phenoxy) is 2. The van der Waals surface area contributed by atoms with Gasteiger partial charge in [0.1, 0.15) is 11.8 Å². The summed E-state index contributed by atoms with van der Waals surface area (Å²) in [6.07, 6.45) is 2.05. The van der Waals surface area contributed by atoms with Crippen LogP contribution >= 0.6 is 0 Å². The average Bonchev–Trinajstić information content (AvgIpc) is 3.09. The van der Waals surface area contributed by atoms with Crippen LogP contribution in [-0.4, -0.2) is 39.4 Å². The van der Waals surface area contributed by atoms with Crippen LogP contribution in [0, 0.1) is 0 Å². The van der Waals surface area contributed by atoms with Gasteiger partial charge >= 0.3 is 5.97 Å². The zero-order valence-electron chi connectivity index (χ0n) is 15.2. The second-order valence-corrected chi connectivity index (χ2v) is 6.01. The van der Waals surface area contributed by atoms with E-state index in [0.29, 0.717) is 30.4 Å². The number of esters is 1. The first-order valence-electron chi connectivity index (χ1n) is 8.81. The van der Waals surface area contributed by atoms with Gasteiger partial charge in [0.25, 0.3) is 0 Å². The van der Waals surface area contributed by atoms with E-state index >= 15 is 0 Å². The molecule has 8 heteroatoms. The number of unbranched alkanes of at least 4 members (excludes halogenated alkanes) is 1. The molecule has 0 bridgehead atoms. The standard InChI is InChI=1S/C18H23N5O3/c1-4-6-10-26-14-9-7-8-13(11-14)16-15(17(24)25-5-2)12(3)19-18-20-21-22-23(16)18/h7-9,11,16H,4-6,10H2,1-3H3,(H,19,20,22).